The summed E-state index contributed by atoms with van der Waals surface area (Å²) in [5.41, 5.74) is 1.37. The summed E-state index contributed by atoms with van der Waals surface area (Å²) >= 11 is 0. The minimum atomic E-state index is -5.08. The van der Waals surface area contributed by atoms with Gasteiger partial charge in [0.15, 0.2) is 0 Å². The van der Waals surface area contributed by atoms with Gasteiger partial charge in [0.1, 0.15) is 0 Å². The zero-order valence-electron chi connectivity index (χ0n) is 16.5. The van der Waals surface area contributed by atoms with Gasteiger partial charge in [-0.3, -0.25) is 4.90 Å². The molecule has 2 fully saturated rings. The number of nitrogens with zero attached hydrogens (tertiary/aromatic N) is 3. The molecule has 0 radical (unpaired) electrons. The van der Waals surface area contributed by atoms with Gasteiger partial charge in [-0.25, -0.2) is 4.79 Å². The molecule has 0 amide bonds. The van der Waals surface area contributed by atoms with E-state index < -0.39 is 12.1 Å². The van der Waals surface area contributed by atoms with Gasteiger partial charge in [-0.15, -0.1) is 10.2 Å². The lowest BCUT2D eigenvalue weighted by Crippen LogP contribution is -2.48. The van der Waals surface area contributed by atoms with Crippen molar-refractivity contribution in [1.82, 2.24) is 15.1 Å². The van der Waals surface area contributed by atoms with E-state index in [-0.39, 0.29) is 0 Å². The first-order chi connectivity index (χ1) is 14.2. The number of halogens is 3. The van der Waals surface area contributed by atoms with Gasteiger partial charge >= 0.3 is 12.1 Å². The van der Waals surface area contributed by atoms with Crippen molar-refractivity contribution in [3.63, 3.8) is 0 Å². The lowest BCUT2D eigenvalue weighted by atomic mass is 9.79. The summed E-state index contributed by atoms with van der Waals surface area (Å²) in [7, 11) is 0. The maximum atomic E-state index is 10.6. The Morgan fingerprint density at radius 3 is 2.53 bits per heavy atom. The maximum Gasteiger partial charge on any atom is 0.490 e. The zero-order valence-corrected chi connectivity index (χ0v) is 16.5. The molecule has 164 valence electrons. The number of likely N-dealkylation sites (tertiary alicyclic amines) is 1. The fourth-order valence-electron chi connectivity index (χ4n) is 3.94. The molecule has 3 heterocycles. The van der Waals surface area contributed by atoms with Crippen LogP contribution in [-0.2, 0) is 16.1 Å². The zero-order chi connectivity index (χ0) is 21.7. The van der Waals surface area contributed by atoms with Crippen molar-refractivity contribution in [2.24, 2.45) is 5.92 Å². The molecule has 0 spiro atoms. The van der Waals surface area contributed by atoms with Crippen molar-refractivity contribution in [1.29, 1.82) is 0 Å². The maximum absolute atomic E-state index is 10.6. The Bertz CT molecular complexity index is 828. The number of hydrogen-bond donors (Lipinski definition) is 1. The quantitative estimate of drug-likeness (QED) is 0.803. The summed E-state index contributed by atoms with van der Waals surface area (Å²) in [6.07, 6.45) is -2.70. The Labute approximate surface area is 171 Å². The Balaban J connectivity index is 0.000000318. The number of aryl methyl sites for hydroxylation is 1. The SMILES string of the molecule is Cc1nnc([C@@H]2CCO[C@@H]3CCN(Cc4ccccc4)C[C@@H]32)o1.O=C(O)C(F)(F)F. The monoisotopic (exact) mass is 427 g/mol. The normalized spacial score (nSPS) is 24.5. The van der Waals surface area contributed by atoms with Crippen LogP contribution in [0.1, 0.15) is 36.1 Å². The number of aromatic nitrogens is 2. The average molecular weight is 427 g/mol. The standard InChI is InChI=1S/C18H23N3O2.C2HF3O2/c1-13-19-20-18(23-13)15-8-10-22-17-7-9-21(12-16(15)17)11-14-5-3-2-4-6-14;3-2(4,5)1(6)7/h2-6,15-17H,7-12H2,1H3;(H,6,7)/t15-,16-,17-;/m1./s1. The van der Waals surface area contributed by atoms with Crippen molar-refractivity contribution in [3.8, 4) is 0 Å². The van der Waals surface area contributed by atoms with Crippen LogP contribution in [0.5, 0.6) is 0 Å². The molecule has 1 aromatic heterocycles. The number of hydrogen-bond acceptors (Lipinski definition) is 6. The topological polar surface area (TPSA) is 88.7 Å². The minimum Gasteiger partial charge on any atom is -0.475 e. The lowest BCUT2D eigenvalue weighted by molar-refractivity contribution is -0.192. The number of fused-ring (bicyclic) bond motifs is 1. The first-order valence-electron chi connectivity index (χ1n) is 9.72. The van der Waals surface area contributed by atoms with E-state index in [9.17, 15) is 13.2 Å². The Hall–Kier alpha value is -2.46. The third-order valence-corrected chi connectivity index (χ3v) is 5.30. The predicted octanol–water partition coefficient (Wildman–Crippen LogP) is 3.41. The highest BCUT2D eigenvalue weighted by molar-refractivity contribution is 5.73. The first kappa shape index (κ1) is 22.2. The van der Waals surface area contributed by atoms with Gasteiger partial charge in [0, 0.05) is 45.0 Å². The summed E-state index contributed by atoms with van der Waals surface area (Å²) in [6, 6.07) is 10.7. The molecule has 10 heteroatoms. The van der Waals surface area contributed by atoms with Crippen molar-refractivity contribution in [2.45, 2.75) is 44.5 Å². The molecule has 1 aromatic carbocycles. The van der Waals surface area contributed by atoms with Gasteiger partial charge in [-0.1, -0.05) is 30.3 Å². The Kier molecular flexibility index (Phi) is 7.09. The third-order valence-electron chi connectivity index (χ3n) is 5.30. The summed E-state index contributed by atoms with van der Waals surface area (Å²) in [4.78, 5) is 11.4. The van der Waals surface area contributed by atoms with Crippen LogP contribution in [-0.4, -0.2) is 58.1 Å². The predicted molar refractivity (Wildman–Crippen MR) is 99.6 cm³/mol. The summed E-state index contributed by atoms with van der Waals surface area (Å²) in [5.74, 6) is -0.538. The van der Waals surface area contributed by atoms with Crippen LogP contribution in [0.4, 0.5) is 13.2 Å². The van der Waals surface area contributed by atoms with E-state index in [1.165, 1.54) is 5.56 Å². The van der Waals surface area contributed by atoms with Gasteiger partial charge in [-0.05, 0) is 18.4 Å². The molecule has 2 aliphatic rings. The van der Waals surface area contributed by atoms with E-state index in [4.69, 9.17) is 19.1 Å². The van der Waals surface area contributed by atoms with Crippen LogP contribution in [0.3, 0.4) is 0 Å². The van der Waals surface area contributed by atoms with Gasteiger partial charge in [-0.2, -0.15) is 13.2 Å². The van der Waals surface area contributed by atoms with Crippen molar-refractivity contribution >= 4 is 5.97 Å². The Morgan fingerprint density at radius 1 is 1.23 bits per heavy atom. The number of carboxylic acids is 1. The molecule has 2 aliphatic heterocycles. The van der Waals surface area contributed by atoms with Crippen molar-refractivity contribution in [2.75, 3.05) is 19.7 Å². The molecule has 3 atom stereocenters. The molecule has 4 rings (SSSR count). The van der Waals surface area contributed by atoms with Crippen molar-refractivity contribution < 1.29 is 32.2 Å². The van der Waals surface area contributed by atoms with E-state index >= 15 is 0 Å². The smallest absolute Gasteiger partial charge is 0.475 e. The molecule has 0 saturated carbocycles. The summed E-state index contributed by atoms with van der Waals surface area (Å²) in [6.45, 7) is 5.78. The van der Waals surface area contributed by atoms with Gasteiger partial charge < -0.3 is 14.3 Å². The number of carbonyl (C=O) groups is 1. The molecule has 0 aliphatic carbocycles. The molecule has 7 nitrogen and oxygen atoms in total. The first-order valence-corrected chi connectivity index (χ1v) is 9.72. The van der Waals surface area contributed by atoms with Crippen LogP contribution in [0, 0.1) is 12.8 Å². The second-order valence-electron chi connectivity index (χ2n) is 7.44. The molecule has 0 bridgehead atoms. The minimum absolute atomic E-state index is 0.327. The molecular weight excluding hydrogens is 403 g/mol. The van der Waals surface area contributed by atoms with Gasteiger partial charge in [0.05, 0.1) is 6.10 Å². The van der Waals surface area contributed by atoms with Crippen LogP contribution in [0.25, 0.3) is 0 Å². The summed E-state index contributed by atoms with van der Waals surface area (Å²) < 4.78 is 43.5. The van der Waals surface area contributed by atoms with E-state index in [0.717, 1.165) is 45.0 Å². The molecule has 0 unspecified atom stereocenters. The highest BCUT2D eigenvalue weighted by Crippen LogP contribution is 2.39. The number of rotatable bonds is 3. The third kappa shape index (κ3) is 5.79. The lowest BCUT2D eigenvalue weighted by Gasteiger charge is -2.44. The van der Waals surface area contributed by atoms with E-state index in [2.05, 4.69) is 45.4 Å². The molecule has 2 saturated heterocycles. The highest BCUT2D eigenvalue weighted by Gasteiger charge is 2.41. The largest absolute Gasteiger partial charge is 0.490 e. The molecule has 2 aromatic rings. The molecular formula is C20H24F3N3O4. The number of carboxylic acid groups (broad SMARTS) is 1. The van der Waals surface area contributed by atoms with Gasteiger partial charge in [0.2, 0.25) is 11.8 Å². The highest BCUT2D eigenvalue weighted by atomic mass is 19.4. The van der Waals surface area contributed by atoms with E-state index in [1.54, 1.807) is 0 Å². The second kappa shape index (κ2) is 9.57. The van der Waals surface area contributed by atoms with E-state index in [0.29, 0.717) is 23.8 Å². The van der Waals surface area contributed by atoms with Gasteiger partial charge in [0.25, 0.3) is 0 Å². The molecule has 30 heavy (non-hydrogen) atoms. The van der Waals surface area contributed by atoms with Crippen LogP contribution < -0.4 is 0 Å². The molecule has 1 N–H and O–H groups in total. The summed E-state index contributed by atoms with van der Waals surface area (Å²) in [5, 5.41) is 15.4. The number of aliphatic carboxylic acids is 1. The Morgan fingerprint density at radius 2 is 1.93 bits per heavy atom. The number of piperidine rings is 1. The van der Waals surface area contributed by atoms with Crippen LogP contribution in [0.15, 0.2) is 34.7 Å². The number of alkyl halides is 3. The second-order valence-corrected chi connectivity index (χ2v) is 7.44. The number of benzene rings is 1. The van der Waals surface area contributed by atoms with Crippen molar-refractivity contribution in [3.05, 3.63) is 47.7 Å². The van der Waals surface area contributed by atoms with E-state index in [1.807, 2.05) is 6.92 Å². The number of ether oxygens (including phenoxy) is 1. The van der Waals surface area contributed by atoms with Crippen LogP contribution in [0.2, 0.25) is 0 Å². The fraction of sp³-hybridized carbons (Fsp3) is 0.550. The fourth-order valence-corrected chi connectivity index (χ4v) is 3.94. The average Bonchev–Trinajstić information content (AvgIpc) is 3.14. The van der Waals surface area contributed by atoms with Crippen LogP contribution >= 0.6 is 0 Å².